The van der Waals surface area contributed by atoms with E-state index in [-0.39, 0.29) is 28.9 Å². The Hall–Kier alpha value is -4.99. The van der Waals surface area contributed by atoms with E-state index in [0.717, 1.165) is 28.6 Å². The number of aliphatic hydroxyl groups is 1. The first-order valence-corrected chi connectivity index (χ1v) is 11.7. The molecule has 1 unspecified atom stereocenters. The van der Waals surface area contributed by atoms with Gasteiger partial charge in [-0.2, -0.15) is 0 Å². The van der Waals surface area contributed by atoms with Crippen molar-refractivity contribution < 1.29 is 28.7 Å². The number of aliphatic hydroxyl groups excluding tert-OH is 1. The van der Waals surface area contributed by atoms with E-state index in [4.69, 9.17) is 4.74 Å². The summed E-state index contributed by atoms with van der Waals surface area (Å²) in [6, 6.07) is 14.8. The SMILES string of the molecule is COc1ccc2[nH]cc(CCN3C(=O)C(=O)/C(=C(\O)c4ccc(F)cc4)C3c3ccccc3[N+](=O)[O-])c2c1. The van der Waals surface area contributed by atoms with Gasteiger partial charge >= 0.3 is 0 Å². The molecule has 0 radical (unpaired) electrons. The zero-order valence-electron chi connectivity index (χ0n) is 20.2. The molecule has 192 valence electrons. The Balaban J connectivity index is 1.60. The summed E-state index contributed by atoms with van der Waals surface area (Å²) in [6.45, 7) is 0.0334. The molecule has 1 amide bonds. The van der Waals surface area contributed by atoms with Crippen LogP contribution in [0.1, 0.15) is 22.7 Å². The first kappa shape index (κ1) is 24.7. The molecule has 0 saturated carbocycles. The number of rotatable bonds is 7. The normalized spacial score (nSPS) is 16.8. The monoisotopic (exact) mass is 515 g/mol. The summed E-state index contributed by atoms with van der Waals surface area (Å²) in [5.74, 6) is -2.30. The number of nitro groups is 1. The number of hydrogen-bond acceptors (Lipinski definition) is 6. The van der Waals surface area contributed by atoms with Gasteiger partial charge in [0.1, 0.15) is 17.3 Å². The maximum Gasteiger partial charge on any atom is 0.295 e. The highest BCUT2D eigenvalue weighted by molar-refractivity contribution is 6.46. The molecular formula is C28H22FN3O6. The number of nitrogens with zero attached hydrogens (tertiary/aromatic N) is 2. The van der Waals surface area contributed by atoms with Gasteiger partial charge < -0.3 is 19.7 Å². The number of benzene rings is 3. The average molecular weight is 515 g/mol. The van der Waals surface area contributed by atoms with Crippen molar-refractivity contribution in [2.24, 2.45) is 0 Å². The topological polar surface area (TPSA) is 126 Å². The molecule has 1 aliphatic heterocycles. The number of Topliss-reactive ketones (excluding diaryl/α,β-unsaturated/α-hetero) is 1. The molecule has 2 heterocycles. The summed E-state index contributed by atoms with van der Waals surface area (Å²) < 4.78 is 18.8. The minimum atomic E-state index is -1.22. The third-order valence-corrected chi connectivity index (χ3v) is 6.68. The molecule has 1 aliphatic rings. The van der Waals surface area contributed by atoms with E-state index in [0.29, 0.717) is 12.2 Å². The van der Waals surface area contributed by atoms with Crippen LogP contribution >= 0.6 is 0 Å². The Morgan fingerprint density at radius 3 is 2.58 bits per heavy atom. The number of amides is 1. The number of fused-ring (bicyclic) bond motifs is 1. The number of nitrogens with one attached hydrogen (secondary N) is 1. The van der Waals surface area contributed by atoms with Gasteiger partial charge in [0.15, 0.2) is 0 Å². The molecule has 0 bridgehead atoms. The second-order valence-electron chi connectivity index (χ2n) is 8.79. The molecule has 9 nitrogen and oxygen atoms in total. The molecule has 38 heavy (non-hydrogen) atoms. The maximum atomic E-state index is 13.5. The number of H-pyrrole nitrogens is 1. The smallest absolute Gasteiger partial charge is 0.295 e. The maximum absolute atomic E-state index is 13.5. The highest BCUT2D eigenvalue weighted by Gasteiger charge is 2.47. The molecule has 1 fully saturated rings. The van der Waals surface area contributed by atoms with Crippen molar-refractivity contribution >= 4 is 34.0 Å². The van der Waals surface area contributed by atoms with Crippen LogP contribution in [0.5, 0.6) is 5.75 Å². The van der Waals surface area contributed by atoms with Crippen LogP contribution in [0, 0.1) is 15.9 Å². The summed E-state index contributed by atoms with van der Waals surface area (Å²) >= 11 is 0. The molecule has 1 atom stereocenters. The number of ether oxygens (including phenoxy) is 1. The molecule has 0 spiro atoms. The lowest BCUT2D eigenvalue weighted by molar-refractivity contribution is -0.385. The van der Waals surface area contributed by atoms with Gasteiger partial charge in [0.05, 0.1) is 29.2 Å². The van der Waals surface area contributed by atoms with E-state index in [1.807, 2.05) is 18.2 Å². The van der Waals surface area contributed by atoms with Gasteiger partial charge in [0, 0.05) is 35.3 Å². The number of nitro benzene ring substituents is 1. The summed E-state index contributed by atoms with van der Waals surface area (Å²) in [6.07, 6.45) is 2.10. The Morgan fingerprint density at radius 2 is 1.87 bits per heavy atom. The summed E-state index contributed by atoms with van der Waals surface area (Å²) in [4.78, 5) is 42.2. The number of aromatic amines is 1. The fraction of sp³-hybridized carbons (Fsp3) is 0.143. The third-order valence-electron chi connectivity index (χ3n) is 6.68. The van der Waals surface area contributed by atoms with Gasteiger partial charge in [-0.05, 0) is 60.5 Å². The van der Waals surface area contributed by atoms with Crippen molar-refractivity contribution in [2.45, 2.75) is 12.5 Å². The number of halogens is 1. The molecule has 3 aromatic carbocycles. The van der Waals surface area contributed by atoms with E-state index in [1.165, 1.54) is 35.2 Å². The fourth-order valence-electron chi connectivity index (χ4n) is 4.81. The Morgan fingerprint density at radius 1 is 1.13 bits per heavy atom. The van der Waals surface area contributed by atoms with Gasteiger partial charge in [-0.25, -0.2) is 4.39 Å². The first-order chi connectivity index (χ1) is 18.3. The predicted molar refractivity (Wildman–Crippen MR) is 137 cm³/mol. The number of carbonyl (C=O) groups is 2. The standard InChI is InChI=1S/C28H22FN3O6/c1-38-19-10-11-22-21(14-19)17(15-30-22)12-13-31-25(20-4-2-3-5-23(20)32(36)37)24(27(34)28(31)35)26(33)16-6-8-18(29)9-7-16/h2-11,14-15,25,30,33H,12-13H2,1H3/b26-24-. The molecule has 1 aromatic heterocycles. The van der Waals surface area contributed by atoms with Crippen LogP contribution < -0.4 is 4.74 Å². The number of carbonyl (C=O) groups excluding carboxylic acids is 2. The zero-order valence-corrected chi connectivity index (χ0v) is 20.2. The lowest BCUT2D eigenvalue weighted by Gasteiger charge is -2.25. The molecule has 5 rings (SSSR count). The number of hydrogen-bond donors (Lipinski definition) is 2. The van der Waals surface area contributed by atoms with Crippen LogP contribution in [0.2, 0.25) is 0 Å². The number of likely N-dealkylation sites (tertiary alicyclic amines) is 1. The van der Waals surface area contributed by atoms with Crippen molar-refractivity contribution in [3.8, 4) is 5.75 Å². The van der Waals surface area contributed by atoms with Crippen LogP contribution in [0.25, 0.3) is 16.7 Å². The zero-order chi connectivity index (χ0) is 27.0. The molecule has 4 aromatic rings. The largest absolute Gasteiger partial charge is 0.507 e. The molecule has 2 N–H and O–H groups in total. The van der Waals surface area contributed by atoms with E-state index < -0.39 is 34.2 Å². The molecule has 10 heteroatoms. The van der Waals surface area contributed by atoms with E-state index in [9.17, 15) is 29.2 Å². The number of ketones is 1. The van der Waals surface area contributed by atoms with Gasteiger partial charge in [-0.15, -0.1) is 0 Å². The lowest BCUT2D eigenvalue weighted by atomic mass is 9.94. The molecule has 1 saturated heterocycles. The molecular weight excluding hydrogens is 493 g/mol. The van der Waals surface area contributed by atoms with Crippen molar-refractivity contribution in [2.75, 3.05) is 13.7 Å². The fourth-order valence-corrected chi connectivity index (χ4v) is 4.81. The second-order valence-corrected chi connectivity index (χ2v) is 8.79. The van der Waals surface area contributed by atoms with Crippen LogP contribution in [-0.4, -0.2) is 45.3 Å². The third kappa shape index (κ3) is 4.26. The van der Waals surface area contributed by atoms with Crippen molar-refractivity contribution in [3.05, 3.63) is 111 Å². The van der Waals surface area contributed by atoms with E-state index in [2.05, 4.69) is 4.98 Å². The first-order valence-electron chi connectivity index (χ1n) is 11.7. The van der Waals surface area contributed by atoms with Crippen LogP contribution in [0.4, 0.5) is 10.1 Å². The van der Waals surface area contributed by atoms with Crippen molar-refractivity contribution in [1.29, 1.82) is 0 Å². The Bertz CT molecular complexity index is 1610. The van der Waals surface area contributed by atoms with E-state index in [1.54, 1.807) is 19.4 Å². The number of methoxy groups -OCH3 is 1. The van der Waals surface area contributed by atoms with Crippen molar-refractivity contribution in [1.82, 2.24) is 9.88 Å². The van der Waals surface area contributed by atoms with Crippen LogP contribution in [0.15, 0.2) is 78.5 Å². The summed E-state index contributed by atoms with van der Waals surface area (Å²) in [7, 11) is 1.56. The highest BCUT2D eigenvalue weighted by Crippen LogP contribution is 2.42. The van der Waals surface area contributed by atoms with Gasteiger partial charge in [-0.1, -0.05) is 12.1 Å². The minimum absolute atomic E-state index is 0.0334. The average Bonchev–Trinajstić information content (AvgIpc) is 3.44. The van der Waals surface area contributed by atoms with E-state index >= 15 is 0 Å². The van der Waals surface area contributed by atoms with Crippen molar-refractivity contribution in [3.63, 3.8) is 0 Å². The minimum Gasteiger partial charge on any atom is -0.507 e. The van der Waals surface area contributed by atoms with Crippen LogP contribution in [0.3, 0.4) is 0 Å². The Labute approximate surface area is 215 Å². The second kappa shape index (κ2) is 9.81. The highest BCUT2D eigenvalue weighted by atomic mass is 19.1. The predicted octanol–water partition coefficient (Wildman–Crippen LogP) is 4.89. The van der Waals surface area contributed by atoms with Gasteiger partial charge in [0.2, 0.25) is 0 Å². The Kier molecular flexibility index (Phi) is 6.38. The number of para-hydroxylation sites is 1. The quantitative estimate of drug-likeness (QED) is 0.119. The summed E-state index contributed by atoms with van der Waals surface area (Å²) in [5.41, 5.74) is 1.30. The van der Waals surface area contributed by atoms with Crippen LogP contribution in [-0.2, 0) is 16.0 Å². The summed E-state index contributed by atoms with van der Waals surface area (Å²) in [5, 5.41) is 23.8. The number of aromatic nitrogens is 1. The lowest BCUT2D eigenvalue weighted by Crippen LogP contribution is -2.32. The van der Waals surface area contributed by atoms with Gasteiger partial charge in [-0.3, -0.25) is 19.7 Å². The van der Waals surface area contributed by atoms with Gasteiger partial charge in [0.25, 0.3) is 17.4 Å². The molecule has 0 aliphatic carbocycles.